The second-order valence-corrected chi connectivity index (χ2v) is 5.76. The zero-order valence-electron chi connectivity index (χ0n) is 11.7. The molecule has 2 heterocycles. The van der Waals surface area contributed by atoms with E-state index in [4.69, 9.17) is 9.72 Å². The van der Waals surface area contributed by atoms with Crippen LogP contribution in [0.1, 0.15) is 36.3 Å². The Morgan fingerprint density at radius 1 is 1.42 bits per heavy atom. The van der Waals surface area contributed by atoms with Gasteiger partial charge in [-0.05, 0) is 57.2 Å². The predicted molar refractivity (Wildman–Crippen MR) is 74.2 cm³/mol. The maximum absolute atomic E-state index is 5.66. The highest BCUT2D eigenvalue weighted by Gasteiger charge is 2.22. The normalized spacial score (nSPS) is 26.4. The van der Waals surface area contributed by atoms with Gasteiger partial charge in [0.25, 0.3) is 0 Å². The van der Waals surface area contributed by atoms with Crippen molar-refractivity contribution in [3.63, 3.8) is 0 Å². The molecule has 1 saturated heterocycles. The van der Waals surface area contributed by atoms with Crippen LogP contribution in [-0.2, 0) is 24.0 Å². The average Bonchev–Trinajstić information content (AvgIpc) is 2.92. The first-order valence-corrected chi connectivity index (χ1v) is 7.45. The minimum Gasteiger partial charge on any atom is -0.378 e. The maximum Gasteiger partial charge on any atom is 0.131 e. The van der Waals surface area contributed by atoms with Gasteiger partial charge in [-0.2, -0.15) is 0 Å². The van der Waals surface area contributed by atoms with Gasteiger partial charge >= 0.3 is 0 Å². The average molecular weight is 261 g/mol. The standard InChI is InChI=1S/C15H23N3O/c1-16-9-11-4-5-14-12(7-11)10-17-15(18-14)8-13-3-2-6-19-13/h10-11,13,16H,2-9H2,1H3. The van der Waals surface area contributed by atoms with Gasteiger partial charge in [-0.1, -0.05) is 0 Å². The summed E-state index contributed by atoms with van der Waals surface area (Å²) in [5, 5.41) is 3.27. The maximum atomic E-state index is 5.66. The first-order valence-electron chi connectivity index (χ1n) is 7.45. The predicted octanol–water partition coefficient (Wildman–Crippen LogP) is 1.52. The van der Waals surface area contributed by atoms with Gasteiger partial charge in [0, 0.05) is 24.9 Å². The van der Waals surface area contributed by atoms with E-state index in [9.17, 15) is 0 Å². The fraction of sp³-hybridized carbons (Fsp3) is 0.733. The van der Waals surface area contributed by atoms with Crippen molar-refractivity contribution in [2.24, 2.45) is 5.92 Å². The fourth-order valence-electron chi connectivity index (χ4n) is 3.19. The third-order valence-electron chi connectivity index (χ3n) is 4.23. The molecule has 0 amide bonds. The van der Waals surface area contributed by atoms with Gasteiger partial charge in [0.2, 0.25) is 0 Å². The number of aromatic nitrogens is 2. The zero-order valence-corrected chi connectivity index (χ0v) is 11.7. The van der Waals surface area contributed by atoms with Crippen LogP contribution in [0.2, 0.25) is 0 Å². The Morgan fingerprint density at radius 3 is 3.16 bits per heavy atom. The molecule has 0 spiro atoms. The third kappa shape index (κ3) is 3.12. The van der Waals surface area contributed by atoms with Crippen LogP contribution in [0, 0.1) is 5.92 Å². The van der Waals surface area contributed by atoms with E-state index in [1.807, 2.05) is 7.05 Å². The van der Waals surface area contributed by atoms with Crippen LogP contribution in [0.5, 0.6) is 0 Å². The Hall–Kier alpha value is -1.00. The molecule has 1 aromatic heterocycles. The van der Waals surface area contributed by atoms with Gasteiger partial charge in [0.05, 0.1) is 6.10 Å². The van der Waals surface area contributed by atoms with E-state index in [0.29, 0.717) is 6.10 Å². The van der Waals surface area contributed by atoms with E-state index in [1.165, 1.54) is 24.1 Å². The minimum absolute atomic E-state index is 0.346. The summed E-state index contributed by atoms with van der Waals surface area (Å²) < 4.78 is 5.66. The Morgan fingerprint density at radius 2 is 2.37 bits per heavy atom. The van der Waals surface area contributed by atoms with Crippen LogP contribution >= 0.6 is 0 Å². The Balaban J connectivity index is 1.67. The van der Waals surface area contributed by atoms with Crippen molar-refractivity contribution in [3.05, 3.63) is 23.3 Å². The molecule has 2 atom stereocenters. The second-order valence-electron chi connectivity index (χ2n) is 5.76. The Labute approximate surface area is 115 Å². The Bertz CT molecular complexity index is 429. The summed E-state index contributed by atoms with van der Waals surface area (Å²) in [5.74, 6) is 1.71. The van der Waals surface area contributed by atoms with Crippen molar-refractivity contribution in [1.82, 2.24) is 15.3 Å². The summed E-state index contributed by atoms with van der Waals surface area (Å²) in [4.78, 5) is 9.30. The molecule has 2 unspecified atom stereocenters. The van der Waals surface area contributed by atoms with Gasteiger partial charge < -0.3 is 10.1 Å². The van der Waals surface area contributed by atoms with Crippen molar-refractivity contribution < 1.29 is 4.74 Å². The van der Waals surface area contributed by atoms with Gasteiger partial charge in [-0.25, -0.2) is 9.97 Å². The van der Waals surface area contributed by atoms with Crippen LogP contribution in [0.4, 0.5) is 0 Å². The van der Waals surface area contributed by atoms with E-state index in [-0.39, 0.29) is 0 Å². The summed E-state index contributed by atoms with van der Waals surface area (Å²) in [6, 6.07) is 0. The number of nitrogens with zero attached hydrogens (tertiary/aromatic N) is 2. The Kier molecular flexibility index (Phi) is 4.09. The summed E-state index contributed by atoms with van der Waals surface area (Å²) in [7, 11) is 2.02. The second kappa shape index (κ2) is 5.97. The van der Waals surface area contributed by atoms with E-state index >= 15 is 0 Å². The molecule has 1 fully saturated rings. The van der Waals surface area contributed by atoms with Crippen molar-refractivity contribution in [2.75, 3.05) is 20.2 Å². The molecule has 0 radical (unpaired) electrons. The SMILES string of the molecule is CNCC1CCc2nc(CC3CCCO3)ncc2C1. The molecule has 3 rings (SSSR count). The van der Waals surface area contributed by atoms with Crippen LogP contribution in [0.3, 0.4) is 0 Å². The quantitative estimate of drug-likeness (QED) is 0.893. The summed E-state index contributed by atoms with van der Waals surface area (Å²) in [6.45, 7) is 2.00. The molecule has 0 saturated carbocycles. The van der Waals surface area contributed by atoms with E-state index in [2.05, 4.69) is 16.5 Å². The number of hydrogen-bond acceptors (Lipinski definition) is 4. The van der Waals surface area contributed by atoms with Gasteiger partial charge in [0.1, 0.15) is 5.82 Å². The highest BCUT2D eigenvalue weighted by atomic mass is 16.5. The monoisotopic (exact) mass is 261 g/mol. The van der Waals surface area contributed by atoms with Crippen molar-refractivity contribution >= 4 is 0 Å². The topological polar surface area (TPSA) is 47.0 Å². The van der Waals surface area contributed by atoms with Crippen LogP contribution < -0.4 is 5.32 Å². The molecule has 104 valence electrons. The molecule has 1 aromatic rings. The molecule has 1 aliphatic heterocycles. The van der Waals surface area contributed by atoms with E-state index < -0.39 is 0 Å². The molecule has 19 heavy (non-hydrogen) atoms. The lowest BCUT2D eigenvalue weighted by molar-refractivity contribution is 0.110. The van der Waals surface area contributed by atoms with E-state index in [1.54, 1.807) is 0 Å². The van der Waals surface area contributed by atoms with Crippen LogP contribution in [0.15, 0.2) is 6.20 Å². The molecular weight excluding hydrogens is 238 g/mol. The minimum atomic E-state index is 0.346. The first-order chi connectivity index (χ1) is 9.35. The van der Waals surface area contributed by atoms with Crippen molar-refractivity contribution in [3.8, 4) is 0 Å². The zero-order chi connectivity index (χ0) is 13.1. The highest BCUT2D eigenvalue weighted by molar-refractivity contribution is 5.21. The van der Waals surface area contributed by atoms with Gasteiger partial charge in [-0.15, -0.1) is 0 Å². The molecule has 1 N–H and O–H groups in total. The molecule has 0 aromatic carbocycles. The van der Waals surface area contributed by atoms with Crippen molar-refractivity contribution in [1.29, 1.82) is 0 Å². The molecule has 4 nitrogen and oxygen atoms in total. The summed E-state index contributed by atoms with van der Waals surface area (Å²) in [5.41, 5.74) is 2.62. The molecule has 1 aliphatic carbocycles. The lowest BCUT2D eigenvalue weighted by Crippen LogP contribution is -2.26. The number of aryl methyl sites for hydroxylation is 1. The number of rotatable bonds is 4. The lowest BCUT2D eigenvalue weighted by Gasteiger charge is -2.23. The summed E-state index contributed by atoms with van der Waals surface area (Å²) >= 11 is 0. The third-order valence-corrected chi connectivity index (χ3v) is 4.23. The van der Waals surface area contributed by atoms with Crippen LogP contribution in [-0.4, -0.2) is 36.3 Å². The van der Waals surface area contributed by atoms with Crippen LogP contribution in [0.25, 0.3) is 0 Å². The first kappa shape index (κ1) is 13.0. The lowest BCUT2D eigenvalue weighted by atomic mass is 9.87. The number of hydrogen-bond donors (Lipinski definition) is 1. The highest BCUT2D eigenvalue weighted by Crippen LogP contribution is 2.24. The summed E-state index contributed by atoms with van der Waals surface area (Å²) in [6.07, 6.45) is 9.08. The fourth-order valence-corrected chi connectivity index (χ4v) is 3.19. The van der Waals surface area contributed by atoms with Gasteiger partial charge in [-0.3, -0.25) is 0 Å². The van der Waals surface area contributed by atoms with Crippen molar-refractivity contribution in [2.45, 2.75) is 44.6 Å². The molecule has 2 aliphatic rings. The number of ether oxygens (including phenoxy) is 1. The number of fused-ring (bicyclic) bond motifs is 1. The van der Waals surface area contributed by atoms with Gasteiger partial charge in [0.15, 0.2) is 0 Å². The smallest absolute Gasteiger partial charge is 0.131 e. The number of nitrogens with one attached hydrogen (secondary N) is 1. The largest absolute Gasteiger partial charge is 0.378 e. The molecular formula is C15H23N3O. The molecule has 4 heteroatoms. The molecule has 0 bridgehead atoms. The van der Waals surface area contributed by atoms with E-state index in [0.717, 1.165) is 50.6 Å².